The van der Waals surface area contributed by atoms with E-state index < -0.39 is 5.97 Å². The first kappa shape index (κ1) is 12.3. The molecule has 0 radical (unpaired) electrons. The molecule has 1 heterocycles. The van der Waals surface area contributed by atoms with Gasteiger partial charge in [0.25, 0.3) is 0 Å². The zero-order valence-corrected chi connectivity index (χ0v) is 10.1. The first-order valence-corrected chi connectivity index (χ1v) is 5.42. The van der Waals surface area contributed by atoms with Gasteiger partial charge in [-0.05, 0) is 12.5 Å². The normalized spacial score (nSPS) is 10.6. The Morgan fingerprint density at radius 1 is 1.44 bits per heavy atom. The molecule has 0 spiro atoms. The summed E-state index contributed by atoms with van der Waals surface area (Å²) in [5, 5.41) is 13.0. The number of aromatic carboxylic acids is 1. The van der Waals surface area contributed by atoms with Crippen molar-refractivity contribution in [3.8, 4) is 11.3 Å². The second-order valence-electron chi connectivity index (χ2n) is 3.86. The van der Waals surface area contributed by atoms with E-state index in [9.17, 15) is 9.90 Å². The Morgan fingerprint density at radius 3 is 2.83 bits per heavy atom. The molecule has 0 aliphatic rings. The number of hydrogen-bond donors (Lipinski definition) is 1. The Morgan fingerprint density at radius 2 is 2.17 bits per heavy atom. The Kier molecular flexibility index (Phi) is 3.43. The molecule has 0 unspecified atom stereocenters. The third-order valence-corrected chi connectivity index (χ3v) is 2.65. The van der Waals surface area contributed by atoms with Gasteiger partial charge in [-0.15, -0.1) is 0 Å². The first-order valence-electron chi connectivity index (χ1n) is 5.42. The molecular formula is C13H13NO4. The van der Waals surface area contributed by atoms with Crippen LogP contribution in [0.4, 0.5) is 0 Å². The van der Waals surface area contributed by atoms with Crippen LogP contribution in [0.1, 0.15) is 21.7 Å². The number of carboxylic acids is 1. The van der Waals surface area contributed by atoms with E-state index in [4.69, 9.17) is 9.26 Å². The number of aryl methyl sites for hydroxylation is 1. The minimum atomic E-state index is -1.05. The summed E-state index contributed by atoms with van der Waals surface area (Å²) < 4.78 is 10.1. The smallest absolute Gasteiger partial charge is 0.341 e. The van der Waals surface area contributed by atoms with E-state index in [1.54, 1.807) is 20.1 Å². The summed E-state index contributed by atoms with van der Waals surface area (Å²) in [5.74, 6) is -0.749. The molecule has 94 valence electrons. The quantitative estimate of drug-likeness (QED) is 0.898. The van der Waals surface area contributed by atoms with Crippen LogP contribution in [0.5, 0.6) is 0 Å². The highest BCUT2D eigenvalue weighted by Crippen LogP contribution is 2.28. The largest absolute Gasteiger partial charge is 0.477 e. The van der Waals surface area contributed by atoms with Crippen molar-refractivity contribution in [2.75, 3.05) is 7.11 Å². The van der Waals surface area contributed by atoms with Crippen molar-refractivity contribution in [3.05, 3.63) is 41.2 Å². The van der Waals surface area contributed by atoms with Gasteiger partial charge in [-0.1, -0.05) is 29.4 Å². The molecule has 0 aliphatic heterocycles. The summed E-state index contributed by atoms with van der Waals surface area (Å²) in [4.78, 5) is 11.2. The van der Waals surface area contributed by atoms with Crippen molar-refractivity contribution >= 4 is 5.97 Å². The van der Waals surface area contributed by atoms with E-state index in [2.05, 4.69) is 5.16 Å². The van der Waals surface area contributed by atoms with Gasteiger partial charge in [0.2, 0.25) is 0 Å². The molecule has 2 rings (SSSR count). The van der Waals surface area contributed by atoms with Crippen LogP contribution >= 0.6 is 0 Å². The van der Waals surface area contributed by atoms with Crippen LogP contribution in [0, 0.1) is 6.92 Å². The molecule has 0 atom stereocenters. The number of carboxylic acid groups (broad SMARTS) is 1. The molecule has 0 bridgehead atoms. The highest BCUT2D eigenvalue weighted by Gasteiger charge is 2.22. The molecule has 0 saturated carbocycles. The molecule has 1 aromatic carbocycles. The number of carbonyl (C=O) groups is 1. The van der Waals surface area contributed by atoms with Gasteiger partial charge in [0, 0.05) is 12.7 Å². The van der Waals surface area contributed by atoms with Crippen LogP contribution in [0.15, 0.2) is 28.8 Å². The molecule has 0 saturated heterocycles. The number of ether oxygens (including phenoxy) is 1. The van der Waals surface area contributed by atoms with Crippen molar-refractivity contribution in [1.29, 1.82) is 0 Å². The number of nitrogens with zero attached hydrogens (tertiary/aromatic N) is 1. The number of methoxy groups -OCH3 is 1. The average Bonchev–Trinajstić information content (AvgIpc) is 2.72. The minimum absolute atomic E-state index is 0.0959. The van der Waals surface area contributed by atoms with E-state index >= 15 is 0 Å². The second kappa shape index (κ2) is 5.01. The zero-order chi connectivity index (χ0) is 13.1. The fourth-order valence-corrected chi connectivity index (χ4v) is 1.84. The molecule has 0 aliphatic carbocycles. The Labute approximate surface area is 104 Å². The molecule has 18 heavy (non-hydrogen) atoms. The fourth-order valence-electron chi connectivity index (χ4n) is 1.84. The molecule has 0 fully saturated rings. The first-order chi connectivity index (χ1) is 8.65. The Bertz CT molecular complexity index is 574. The maximum Gasteiger partial charge on any atom is 0.341 e. The highest BCUT2D eigenvalue weighted by atomic mass is 16.5. The van der Waals surface area contributed by atoms with Crippen molar-refractivity contribution in [3.63, 3.8) is 0 Å². The molecular weight excluding hydrogens is 234 g/mol. The second-order valence-corrected chi connectivity index (χ2v) is 3.86. The topological polar surface area (TPSA) is 72.6 Å². The number of aromatic nitrogens is 1. The maximum atomic E-state index is 11.2. The standard InChI is InChI=1S/C13H13NO4/c1-8-11(13(15)16)12(14-18-8)10-6-4-3-5-9(10)7-17-2/h3-6H,7H2,1-2H3,(H,15,16). The van der Waals surface area contributed by atoms with E-state index in [1.807, 2.05) is 18.2 Å². The van der Waals surface area contributed by atoms with Crippen molar-refractivity contribution in [2.24, 2.45) is 0 Å². The maximum absolute atomic E-state index is 11.2. The monoisotopic (exact) mass is 247 g/mol. The molecule has 1 aromatic heterocycles. The van der Waals surface area contributed by atoms with Gasteiger partial charge >= 0.3 is 5.97 Å². The van der Waals surface area contributed by atoms with Crippen molar-refractivity contribution in [1.82, 2.24) is 5.16 Å². The van der Waals surface area contributed by atoms with Crippen LogP contribution in [0.3, 0.4) is 0 Å². The van der Waals surface area contributed by atoms with Crippen molar-refractivity contribution in [2.45, 2.75) is 13.5 Å². The SMILES string of the molecule is COCc1ccccc1-c1noc(C)c1C(=O)O. The number of rotatable bonds is 4. The lowest BCUT2D eigenvalue weighted by Crippen LogP contribution is -2.01. The lowest BCUT2D eigenvalue weighted by Gasteiger charge is -2.06. The molecule has 5 nitrogen and oxygen atoms in total. The van der Waals surface area contributed by atoms with Gasteiger partial charge in [0.15, 0.2) is 0 Å². The van der Waals surface area contributed by atoms with Crippen LogP contribution in [0.25, 0.3) is 11.3 Å². The third kappa shape index (κ3) is 2.12. The highest BCUT2D eigenvalue weighted by molar-refractivity contribution is 5.96. The van der Waals surface area contributed by atoms with Gasteiger partial charge in [0.1, 0.15) is 17.0 Å². The zero-order valence-electron chi connectivity index (χ0n) is 10.1. The molecule has 2 aromatic rings. The Hall–Kier alpha value is -2.14. The van der Waals surface area contributed by atoms with Gasteiger partial charge < -0.3 is 14.4 Å². The summed E-state index contributed by atoms with van der Waals surface area (Å²) in [5.41, 5.74) is 2.02. The third-order valence-electron chi connectivity index (χ3n) is 2.65. The van der Waals surface area contributed by atoms with Gasteiger partial charge in [-0.25, -0.2) is 4.79 Å². The lowest BCUT2D eigenvalue weighted by atomic mass is 10.0. The minimum Gasteiger partial charge on any atom is -0.477 e. The van der Waals surface area contributed by atoms with Gasteiger partial charge in [-0.3, -0.25) is 0 Å². The summed E-state index contributed by atoms with van der Waals surface area (Å²) in [6.45, 7) is 1.97. The van der Waals surface area contributed by atoms with Crippen LogP contribution in [0.2, 0.25) is 0 Å². The van der Waals surface area contributed by atoms with Crippen LogP contribution in [-0.2, 0) is 11.3 Å². The predicted molar refractivity (Wildman–Crippen MR) is 64.3 cm³/mol. The summed E-state index contributed by atoms with van der Waals surface area (Å²) in [6.07, 6.45) is 0. The lowest BCUT2D eigenvalue weighted by molar-refractivity contribution is 0.0695. The summed E-state index contributed by atoms with van der Waals surface area (Å²) >= 11 is 0. The number of hydrogen-bond acceptors (Lipinski definition) is 4. The Balaban J connectivity index is 2.58. The van der Waals surface area contributed by atoms with Crippen LogP contribution in [-0.4, -0.2) is 23.3 Å². The molecule has 5 heteroatoms. The van der Waals surface area contributed by atoms with Gasteiger partial charge in [-0.2, -0.15) is 0 Å². The fraction of sp³-hybridized carbons (Fsp3) is 0.231. The van der Waals surface area contributed by atoms with E-state index in [0.717, 1.165) is 5.56 Å². The van der Waals surface area contributed by atoms with Gasteiger partial charge in [0.05, 0.1) is 6.61 Å². The van der Waals surface area contributed by atoms with E-state index in [1.165, 1.54) is 0 Å². The van der Waals surface area contributed by atoms with E-state index in [-0.39, 0.29) is 5.56 Å². The summed E-state index contributed by atoms with van der Waals surface area (Å²) in [7, 11) is 1.59. The number of benzene rings is 1. The van der Waals surface area contributed by atoms with Crippen LogP contribution < -0.4 is 0 Å². The molecule has 0 amide bonds. The van der Waals surface area contributed by atoms with E-state index in [0.29, 0.717) is 23.6 Å². The molecule has 1 N–H and O–H groups in total. The van der Waals surface area contributed by atoms with Crippen molar-refractivity contribution < 1.29 is 19.2 Å². The average molecular weight is 247 g/mol. The predicted octanol–water partition coefficient (Wildman–Crippen LogP) is 2.49. The summed E-state index contributed by atoms with van der Waals surface area (Å²) in [6, 6.07) is 7.36.